The molecule has 8 nitrogen and oxygen atoms in total. The Labute approximate surface area is 174 Å². The average molecular weight is 413 g/mol. The van der Waals surface area contributed by atoms with Crippen LogP contribution in [-0.2, 0) is 27.3 Å². The van der Waals surface area contributed by atoms with Crippen LogP contribution in [0, 0.1) is 0 Å². The molecule has 1 aliphatic heterocycles. The van der Waals surface area contributed by atoms with Crippen molar-refractivity contribution in [2.45, 2.75) is 13.0 Å². The van der Waals surface area contributed by atoms with Crippen LogP contribution >= 0.6 is 0 Å². The Bertz CT molecular complexity index is 924. The molecule has 0 aromatic heterocycles. The van der Waals surface area contributed by atoms with Gasteiger partial charge in [0.2, 0.25) is 0 Å². The third-order valence-electron chi connectivity index (χ3n) is 4.80. The summed E-state index contributed by atoms with van der Waals surface area (Å²) in [4.78, 5) is 36.6. The predicted molar refractivity (Wildman–Crippen MR) is 107 cm³/mol. The molecule has 2 aromatic carbocycles. The van der Waals surface area contributed by atoms with E-state index in [0.29, 0.717) is 42.3 Å². The van der Waals surface area contributed by atoms with E-state index in [-0.39, 0.29) is 19.1 Å². The normalized spacial score (nSPS) is 12.5. The van der Waals surface area contributed by atoms with E-state index in [1.54, 1.807) is 43.4 Å². The summed E-state index contributed by atoms with van der Waals surface area (Å²) >= 11 is 0. The SMILES string of the molecule is COc1cc2c(cc1OC)CN(C(=O)COC(=O)COc1ccc(C=O)cc1)CC2. The zero-order chi connectivity index (χ0) is 21.5. The van der Waals surface area contributed by atoms with Crippen molar-refractivity contribution < 1.29 is 33.3 Å². The van der Waals surface area contributed by atoms with Gasteiger partial charge in [-0.3, -0.25) is 9.59 Å². The Hall–Kier alpha value is -3.55. The van der Waals surface area contributed by atoms with Gasteiger partial charge in [-0.25, -0.2) is 4.79 Å². The van der Waals surface area contributed by atoms with Gasteiger partial charge in [-0.2, -0.15) is 0 Å². The molecular weight excluding hydrogens is 390 g/mol. The molecule has 0 bridgehead atoms. The topological polar surface area (TPSA) is 91.4 Å². The third kappa shape index (κ3) is 5.08. The lowest BCUT2D eigenvalue weighted by Gasteiger charge is -2.29. The molecule has 1 heterocycles. The van der Waals surface area contributed by atoms with Crippen molar-refractivity contribution in [1.29, 1.82) is 0 Å². The summed E-state index contributed by atoms with van der Waals surface area (Å²) < 4.78 is 21.0. The number of esters is 1. The van der Waals surface area contributed by atoms with Gasteiger partial charge in [0.1, 0.15) is 12.0 Å². The van der Waals surface area contributed by atoms with Crippen molar-refractivity contribution in [2.24, 2.45) is 0 Å². The Morgan fingerprint density at radius 1 is 1.00 bits per heavy atom. The van der Waals surface area contributed by atoms with Gasteiger partial charge in [0, 0.05) is 18.7 Å². The van der Waals surface area contributed by atoms with Gasteiger partial charge in [-0.1, -0.05) is 0 Å². The summed E-state index contributed by atoms with van der Waals surface area (Å²) in [6.07, 6.45) is 1.39. The van der Waals surface area contributed by atoms with Gasteiger partial charge in [-0.15, -0.1) is 0 Å². The minimum Gasteiger partial charge on any atom is -0.493 e. The quantitative estimate of drug-likeness (QED) is 0.483. The van der Waals surface area contributed by atoms with Crippen LogP contribution < -0.4 is 14.2 Å². The highest BCUT2D eigenvalue weighted by molar-refractivity contribution is 5.81. The van der Waals surface area contributed by atoms with Gasteiger partial charge < -0.3 is 23.8 Å². The van der Waals surface area contributed by atoms with E-state index < -0.39 is 5.97 Å². The maximum absolute atomic E-state index is 12.5. The molecule has 2 aromatic rings. The molecule has 0 N–H and O–H groups in total. The molecule has 0 saturated carbocycles. The van der Waals surface area contributed by atoms with E-state index in [2.05, 4.69) is 0 Å². The van der Waals surface area contributed by atoms with E-state index >= 15 is 0 Å². The second-order valence-electron chi connectivity index (χ2n) is 6.68. The molecule has 158 valence electrons. The summed E-state index contributed by atoms with van der Waals surface area (Å²) in [6.45, 7) is 0.256. The summed E-state index contributed by atoms with van der Waals surface area (Å²) in [5.41, 5.74) is 2.58. The third-order valence-corrected chi connectivity index (χ3v) is 4.80. The fourth-order valence-electron chi connectivity index (χ4n) is 3.16. The fourth-order valence-corrected chi connectivity index (χ4v) is 3.16. The van der Waals surface area contributed by atoms with Crippen molar-refractivity contribution in [1.82, 2.24) is 4.90 Å². The fraction of sp³-hybridized carbons (Fsp3) is 0.318. The highest BCUT2D eigenvalue weighted by Crippen LogP contribution is 2.33. The average Bonchev–Trinajstić information content (AvgIpc) is 2.80. The molecule has 30 heavy (non-hydrogen) atoms. The molecule has 0 fully saturated rings. The molecule has 1 amide bonds. The van der Waals surface area contributed by atoms with Crippen LogP contribution in [0.25, 0.3) is 0 Å². The van der Waals surface area contributed by atoms with Gasteiger partial charge in [-0.05, 0) is 53.9 Å². The van der Waals surface area contributed by atoms with Crippen molar-refractivity contribution in [2.75, 3.05) is 34.0 Å². The van der Waals surface area contributed by atoms with E-state index in [9.17, 15) is 14.4 Å². The van der Waals surface area contributed by atoms with Crippen molar-refractivity contribution >= 4 is 18.2 Å². The molecule has 8 heteroatoms. The van der Waals surface area contributed by atoms with E-state index in [1.807, 2.05) is 12.1 Å². The number of methoxy groups -OCH3 is 2. The number of carbonyl (C=O) groups is 3. The Kier molecular flexibility index (Phi) is 6.90. The zero-order valence-corrected chi connectivity index (χ0v) is 16.9. The van der Waals surface area contributed by atoms with Crippen molar-refractivity contribution in [3.05, 3.63) is 53.1 Å². The lowest BCUT2D eigenvalue weighted by atomic mass is 9.99. The predicted octanol–water partition coefficient (Wildman–Crippen LogP) is 2.02. The van der Waals surface area contributed by atoms with Crippen LogP contribution in [0.15, 0.2) is 36.4 Å². The van der Waals surface area contributed by atoms with Gasteiger partial charge in [0.05, 0.1) is 14.2 Å². The molecule has 1 aliphatic rings. The lowest BCUT2D eigenvalue weighted by Crippen LogP contribution is -2.39. The maximum Gasteiger partial charge on any atom is 0.344 e. The van der Waals surface area contributed by atoms with Crippen LogP contribution in [0.2, 0.25) is 0 Å². The van der Waals surface area contributed by atoms with Crippen molar-refractivity contribution in [3.63, 3.8) is 0 Å². The first kappa shape index (κ1) is 21.2. The van der Waals surface area contributed by atoms with Gasteiger partial charge in [0.25, 0.3) is 5.91 Å². The smallest absolute Gasteiger partial charge is 0.344 e. The van der Waals surface area contributed by atoms with Crippen LogP contribution in [-0.4, -0.2) is 57.0 Å². The molecule has 0 aliphatic carbocycles. The number of nitrogens with zero attached hydrogens (tertiary/aromatic N) is 1. The summed E-state index contributed by atoms with van der Waals surface area (Å²) in [5.74, 6) is 0.771. The minimum atomic E-state index is -0.647. The molecule has 3 rings (SSSR count). The zero-order valence-electron chi connectivity index (χ0n) is 16.9. The first-order chi connectivity index (χ1) is 14.5. The first-order valence-corrected chi connectivity index (χ1v) is 9.39. The Morgan fingerprint density at radius 2 is 1.67 bits per heavy atom. The van der Waals surface area contributed by atoms with Crippen LogP contribution in [0.4, 0.5) is 0 Å². The number of fused-ring (bicyclic) bond motifs is 1. The number of ether oxygens (including phenoxy) is 4. The van der Waals surface area contributed by atoms with E-state index in [1.165, 1.54) is 0 Å². The van der Waals surface area contributed by atoms with Crippen LogP contribution in [0.3, 0.4) is 0 Å². The lowest BCUT2D eigenvalue weighted by molar-refractivity contribution is -0.154. The molecule has 0 saturated heterocycles. The van der Waals surface area contributed by atoms with E-state index in [4.69, 9.17) is 18.9 Å². The van der Waals surface area contributed by atoms with Gasteiger partial charge in [0.15, 0.2) is 24.7 Å². The molecule has 0 unspecified atom stereocenters. The highest BCUT2D eigenvalue weighted by Gasteiger charge is 2.23. The Balaban J connectivity index is 1.49. The summed E-state index contributed by atoms with van der Waals surface area (Å²) in [7, 11) is 3.15. The molecule has 0 spiro atoms. The largest absolute Gasteiger partial charge is 0.493 e. The molecule has 0 atom stereocenters. The number of benzene rings is 2. The van der Waals surface area contributed by atoms with Crippen LogP contribution in [0.1, 0.15) is 21.5 Å². The second-order valence-corrected chi connectivity index (χ2v) is 6.68. The number of rotatable bonds is 8. The number of carbonyl (C=O) groups excluding carboxylic acids is 3. The number of hydrogen-bond donors (Lipinski definition) is 0. The van der Waals surface area contributed by atoms with Gasteiger partial charge >= 0.3 is 5.97 Å². The van der Waals surface area contributed by atoms with Crippen molar-refractivity contribution in [3.8, 4) is 17.2 Å². The Morgan fingerprint density at radius 3 is 2.30 bits per heavy atom. The maximum atomic E-state index is 12.5. The first-order valence-electron chi connectivity index (χ1n) is 9.39. The highest BCUT2D eigenvalue weighted by atomic mass is 16.6. The van der Waals surface area contributed by atoms with E-state index in [0.717, 1.165) is 17.4 Å². The minimum absolute atomic E-state index is 0.279. The summed E-state index contributed by atoms with van der Waals surface area (Å²) in [5, 5.41) is 0. The molecule has 0 radical (unpaired) electrons. The second kappa shape index (κ2) is 9.78. The molecular formula is C22H23NO7. The summed E-state index contributed by atoms with van der Waals surface area (Å²) in [6, 6.07) is 10.1. The monoisotopic (exact) mass is 413 g/mol. The van der Waals surface area contributed by atoms with Crippen LogP contribution in [0.5, 0.6) is 17.2 Å². The number of aldehydes is 1. The standard InChI is InChI=1S/C22H23NO7/c1-27-19-9-16-7-8-23(11-17(16)10-20(19)28-2)21(25)13-30-22(26)14-29-18-5-3-15(12-24)4-6-18/h3-6,9-10,12H,7-8,11,13-14H2,1-2H3. The number of hydrogen-bond acceptors (Lipinski definition) is 7. The number of amides is 1.